The van der Waals surface area contributed by atoms with Crippen molar-refractivity contribution in [1.29, 1.82) is 0 Å². The molecule has 29 heavy (non-hydrogen) atoms. The molecule has 2 N–H and O–H groups in total. The molecule has 0 spiro atoms. The molecule has 2 amide bonds. The molecule has 1 aliphatic rings. The summed E-state index contributed by atoms with van der Waals surface area (Å²) in [5, 5.41) is 2.94. The van der Waals surface area contributed by atoms with Crippen molar-refractivity contribution in [2.45, 2.75) is 50.5 Å². The van der Waals surface area contributed by atoms with E-state index in [4.69, 9.17) is 6.42 Å². The van der Waals surface area contributed by atoms with E-state index in [0.717, 1.165) is 25.7 Å². The molecule has 7 nitrogen and oxygen atoms in total. The summed E-state index contributed by atoms with van der Waals surface area (Å²) in [5.41, 5.74) is 0.271. The Balaban J connectivity index is 2.15. The van der Waals surface area contributed by atoms with Crippen molar-refractivity contribution in [3.63, 3.8) is 0 Å². The molecule has 1 saturated heterocycles. The number of rotatable bonds is 8. The van der Waals surface area contributed by atoms with Crippen LogP contribution < -0.4 is 10.0 Å². The zero-order chi connectivity index (χ0) is 21.4. The minimum absolute atomic E-state index is 0.0166. The molecular weight excluding hydrogens is 390 g/mol. The van der Waals surface area contributed by atoms with Gasteiger partial charge in [0, 0.05) is 24.7 Å². The number of amides is 2. The van der Waals surface area contributed by atoms with Gasteiger partial charge >= 0.3 is 0 Å². The van der Waals surface area contributed by atoms with Crippen LogP contribution in [0.4, 0.5) is 0 Å². The van der Waals surface area contributed by atoms with Crippen molar-refractivity contribution < 1.29 is 18.0 Å². The van der Waals surface area contributed by atoms with E-state index >= 15 is 0 Å². The quantitative estimate of drug-likeness (QED) is 0.496. The van der Waals surface area contributed by atoms with Gasteiger partial charge in [-0.05, 0) is 44.4 Å². The van der Waals surface area contributed by atoms with Gasteiger partial charge in [-0.3, -0.25) is 9.59 Å². The van der Waals surface area contributed by atoms with Gasteiger partial charge in [0.25, 0.3) is 5.91 Å². The van der Waals surface area contributed by atoms with E-state index in [1.54, 1.807) is 11.0 Å². The number of hydrogen-bond donors (Lipinski definition) is 2. The average Bonchev–Trinajstić information content (AvgIpc) is 2.72. The summed E-state index contributed by atoms with van der Waals surface area (Å²) in [7, 11) is -3.79. The topological polar surface area (TPSA) is 95.6 Å². The Morgan fingerprint density at radius 2 is 2.07 bits per heavy atom. The smallest absolute Gasteiger partial charge is 0.254 e. The van der Waals surface area contributed by atoms with Crippen LogP contribution in [0.2, 0.25) is 0 Å². The highest BCUT2D eigenvalue weighted by atomic mass is 32.2. The Labute approximate surface area is 173 Å². The molecule has 0 radical (unpaired) electrons. The molecule has 0 aliphatic carbocycles. The summed E-state index contributed by atoms with van der Waals surface area (Å²) in [6.45, 7) is 4.84. The van der Waals surface area contributed by atoms with E-state index < -0.39 is 10.0 Å². The molecule has 0 aromatic heterocycles. The highest BCUT2D eigenvalue weighted by Crippen LogP contribution is 2.24. The van der Waals surface area contributed by atoms with E-state index in [-0.39, 0.29) is 40.8 Å². The van der Waals surface area contributed by atoms with Gasteiger partial charge in [-0.1, -0.05) is 25.3 Å². The lowest BCUT2D eigenvalue weighted by Gasteiger charge is -2.37. The number of sulfonamides is 1. The molecule has 2 rings (SSSR count). The first-order valence-electron chi connectivity index (χ1n) is 9.92. The van der Waals surface area contributed by atoms with Crippen molar-refractivity contribution in [1.82, 2.24) is 14.9 Å². The van der Waals surface area contributed by atoms with Gasteiger partial charge in [-0.15, -0.1) is 6.42 Å². The first kappa shape index (κ1) is 22.9. The van der Waals surface area contributed by atoms with Crippen LogP contribution in [0.15, 0.2) is 29.2 Å². The number of unbranched alkanes of at least 4 members (excludes halogenated alkanes) is 1. The first-order valence-corrected chi connectivity index (χ1v) is 11.4. The number of nitrogens with one attached hydrogen (secondary N) is 2. The maximum Gasteiger partial charge on any atom is 0.254 e. The summed E-state index contributed by atoms with van der Waals surface area (Å²) < 4.78 is 26.9. The molecule has 1 aromatic carbocycles. The molecule has 1 aromatic rings. The molecule has 0 saturated carbocycles. The van der Waals surface area contributed by atoms with E-state index in [1.165, 1.54) is 18.2 Å². The maximum absolute atomic E-state index is 13.1. The molecule has 2 atom stereocenters. The van der Waals surface area contributed by atoms with Crippen LogP contribution in [-0.2, 0) is 14.8 Å². The summed E-state index contributed by atoms with van der Waals surface area (Å²) >= 11 is 0. The molecule has 1 fully saturated rings. The zero-order valence-electron chi connectivity index (χ0n) is 17.0. The number of likely N-dealkylation sites (tertiary alicyclic amines) is 1. The van der Waals surface area contributed by atoms with Crippen LogP contribution in [0.5, 0.6) is 0 Å². The monoisotopic (exact) mass is 419 g/mol. The van der Waals surface area contributed by atoms with Crippen molar-refractivity contribution in [2.24, 2.45) is 5.92 Å². The highest BCUT2D eigenvalue weighted by Gasteiger charge is 2.33. The second-order valence-corrected chi connectivity index (χ2v) is 9.05. The molecule has 1 heterocycles. The third kappa shape index (κ3) is 6.05. The van der Waals surface area contributed by atoms with Crippen LogP contribution in [0, 0.1) is 18.3 Å². The van der Waals surface area contributed by atoms with E-state index in [1.807, 2.05) is 6.92 Å². The van der Waals surface area contributed by atoms with Gasteiger partial charge in [-0.25, -0.2) is 8.42 Å². The number of piperidine rings is 1. The van der Waals surface area contributed by atoms with Gasteiger partial charge in [0.2, 0.25) is 15.9 Å². The maximum atomic E-state index is 13.1. The Bertz CT molecular complexity index is 876. The average molecular weight is 420 g/mol. The van der Waals surface area contributed by atoms with Gasteiger partial charge in [-0.2, -0.15) is 4.72 Å². The molecular formula is C21H29N3O4S. The first-order chi connectivity index (χ1) is 13.8. The number of carbonyl (C=O) groups excluding carboxylic acids is 2. The lowest BCUT2D eigenvalue weighted by atomic mass is 9.92. The number of hydrogen-bond acceptors (Lipinski definition) is 4. The third-order valence-corrected chi connectivity index (χ3v) is 6.50. The fourth-order valence-corrected chi connectivity index (χ4v) is 4.30. The molecule has 158 valence electrons. The molecule has 8 heteroatoms. The highest BCUT2D eigenvalue weighted by molar-refractivity contribution is 7.89. The molecule has 1 aliphatic heterocycles. The van der Waals surface area contributed by atoms with Gasteiger partial charge < -0.3 is 10.2 Å². The Hall–Kier alpha value is -2.37. The number of terminal acetylenes is 1. The summed E-state index contributed by atoms with van der Waals surface area (Å²) in [6.07, 6.45) is 8.49. The minimum Gasteiger partial charge on any atom is -0.356 e. The third-order valence-electron chi connectivity index (χ3n) is 5.10. The lowest BCUT2D eigenvalue weighted by molar-refractivity contribution is -0.126. The standard InChI is InChI=1S/C21H29N3O4S/c1-4-6-13-22-20(25)18-11-10-16(3)24(15-18)21(26)17-8-7-9-19(14-17)29(27,28)23-12-5-2/h2,7-9,14,16,18,23H,4,6,10-13,15H2,1,3H3,(H,22,25). The number of nitrogens with zero attached hydrogens (tertiary/aromatic N) is 1. The van der Waals surface area contributed by atoms with Crippen molar-refractivity contribution >= 4 is 21.8 Å². The SMILES string of the molecule is C#CCNS(=O)(=O)c1cccc(C(=O)N2CC(C(=O)NCCCC)CCC2C)c1. The van der Waals surface area contributed by atoms with Crippen LogP contribution in [0.1, 0.15) is 49.9 Å². The predicted octanol–water partition coefficient (Wildman–Crippen LogP) is 1.76. The summed E-state index contributed by atoms with van der Waals surface area (Å²) in [4.78, 5) is 27.1. The van der Waals surface area contributed by atoms with Gasteiger partial charge in [0.05, 0.1) is 17.4 Å². The largest absolute Gasteiger partial charge is 0.356 e. The van der Waals surface area contributed by atoms with Gasteiger partial charge in [0.15, 0.2) is 0 Å². The normalized spacial score (nSPS) is 19.4. The van der Waals surface area contributed by atoms with Crippen molar-refractivity contribution in [2.75, 3.05) is 19.6 Å². The van der Waals surface area contributed by atoms with Crippen LogP contribution in [0.25, 0.3) is 0 Å². The van der Waals surface area contributed by atoms with Crippen molar-refractivity contribution in [3.05, 3.63) is 29.8 Å². The van der Waals surface area contributed by atoms with Crippen LogP contribution in [0.3, 0.4) is 0 Å². The minimum atomic E-state index is -3.79. The van der Waals surface area contributed by atoms with E-state index in [2.05, 4.69) is 22.9 Å². The zero-order valence-corrected chi connectivity index (χ0v) is 17.8. The second kappa shape index (κ2) is 10.4. The Morgan fingerprint density at radius 1 is 1.31 bits per heavy atom. The summed E-state index contributed by atoms with van der Waals surface area (Å²) in [6, 6.07) is 5.85. The fourth-order valence-electron chi connectivity index (χ4n) is 3.32. The predicted molar refractivity (Wildman–Crippen MR) is 112 cm³/mol. The fraction of sp³-hybridized carbons (Fsp3) is 0.524. The van der Waals surface area contributed by atoms with E-state index in [0.29, 0.717) is 13.1 Å². The van der Waals surface area contributed by atoms with E-state index in [9.17, 15) is 18.0 Å². The lowest BCUT2D eigenvalue weighted by Crippen LogP contribution is -2.49. The van der Waals surface area contributed by atoms with Crippen LogP contribution >= 0.6 is 0 Å². The Morgan fingerprint density at radius 3 is 2.76 bits per heavy atom. The summed E-state index contributed by atoms with van der Waals surface area (Å²) in [5.74, 6) is 1.66. The van der Waals surface area contributed by atoms with Crippen LogP contribution in [-0.4, -0.2) is 50.8 Å². The number of benzene rings is 1. The van der Waals surface area contributed by atoms with Gasteiger partial charge in [0.1, 0.15) is 0 Å². The molecule has 0 bridgehead atoms. The Kier molecular flexibility index (Phi) is 8.23. The second-order valence-electron chi connectivity index (χ2n) is 7.28. The number of carbonyl (C=O) groups is 2. The molecule has 2 unspecified atom stereocenters. The van der Waals surface area contributed by atoms with Crippen molar-refractivity contribution in [3.8, 4) is 12.3 Å².